The Labute approximate surface area is 156 Å². The molecule has 0 radical (unpaired) electrons. The van der Waals surface area contributed by atoms with E-state index in [1.54, 1.807) is 24.3 Å². The number of nitrogens with zero attached hydrogens (tertiary/aromatic N) is 4. The highest BCUT2D eigenvalue weighted by Crippen LogP contribution is 2.56. The average Bonchev–Trinajstić information content (AvgIpc) is 3.20. The fraction of sp³-hybridized carbons (Fsp3) is 0.526. The summed E-state index contributed by atoms with van der Waals surface area (Å²) in [5, 5.41) is 11.0. The molecule has 2 aromatic rings. The van der Waals surface area contributed by atoms with Crippen LogP contribution >= 0.6 is 0 Å². The molecule has 4 aliphatic rings. The number of carbonyl (C=O) groups is 2. The Balaban J connectivity index is 1.20. The van der Waals surface area contributed by atoms with Crippen LogP contribution in [0.5, 0.6) is 0 Å². The summed E-state index contributed by atoms with van der Waals surface area (Å²) in [7, 11) is 0. The Morgan fingerprint density at radius 3 is 2.19 bits per heavy atom. The summed E-state index contributed by atoms with van der Waals surface area (Å²) >= 11 is 0. The molecule has 8 heteroatoms. The molecule has 1 aromatic carbocycles. The topological polar surface area (TPSA) is 102 Å². The summed E-state index contributed by atoms with van der Waals surface area (Å²) in [5.74, 6) is 2.34. The number of hydrogen-bond acceptors (Lipinski definition) is 5. The fourth-order valence-electron chi connectivity index (χ4n) is 5.67. The van der Waals surface area contributed by atoms with Gasteiger partial charge in [-0.3, -0.25) is 20.4 Å². The van der Waals surface area contributed by atoms with Gasteiger partial charge in [0.05, 0.1) is 5.69 Å². The van der Waals surface area contributed by atoms with Crippen LogP contribution in [0.1, 0.15) is 42.5 Å². The summed E-state index contributed by atoms with van der Waals surface area (Å²) in [5.41, 5.74) is 6.48. The van der Waals surface area contributed by atoms with Crippen LogP contribution in [0, 0.1) is 29.6 Å². The monoisotopic (exact) mass is 366 g/mol. The number of nitrogens with one attached hydrogen (secondary N) is 2. The van der Waals surface area contributed by atoms with Gasteiger partial charge < -0.3 is 0 Å². The zero-order chi connectivity index (χ0) is 18.4. The predicted octanol–water partition coefficient (Wildman–Crippen LogP) is 1.50. The van der Waals surface area contributed by atoms with Gasteiger partial charge >= 0.3 is 0 Å². The Morgan fingerprint density at radius 2 is 1.59 bits per heavy atom. The molecule has 0 saturated heterocycles. The van der Waals surface area contributed by atoms with Crippen LogP contribution in [0.15, 0.2) is 30.6 Å². The lowest BCUT2D eigenvalue weighted by Crippen LogP contribution is -2.54. The number of hydrazine groups is 1. The molecule has 1 aromatic heterocycles. The van der Waals surface area contributed by atoms with Crippen molar-refractivity contribution in [2.24, 2.45) is 29.6 Å². The minimum Gasteiger partial charge on any atom is -0.273 e. The largest absolute Gasteiger partial charge is 0.273 e. The van der Waals surface area contributed by atoms with Crippen LogP contribution in [0.2, 0.25) is 0 Å². The van der Waals surface area contributed by atoms with Crippen molar-refractivity contribution in [3.8, 4) is 5.69 Å². The van der Waals surface area contributed by atoms with Crippen LogP contribution < -0.4 is 10.9 Å². The van der Waals surface area contributed by atoms with E-state index in [9.17, 15) is 9.59 Å². The van der Waals surface area contributed by atoms with Crippen LogP contribution in [0.4, 0.5) is 0 Å². The first kappa shape index (κ1) is 16.4. The average molecular weight is 366 g/mol. The number of benzene rings is 1. The molecule has 4 aliphatic carbocycles. The molecule has 0 atom stereocenters. The summed E-state index contributed by atoms with van der Waals surface area (Å²) in [6.07, 6.45) is 7.56. The number of amides is 2. The molecule has 0 spiro atoms. The van der Waals surface area contributed by atoms with Gasteiger partial charge in [0.2, 0.25) is 5.91 Å². The highest BCUT2D eigenvalue weighted by molar-refractivity contribution is 5.95. The number of hydrogen-bond donors (Lipinski definition) is 2. The van der Waals surface area contributed by atoms with Crippen molar-refractivity contribution in [2.45, 2.75) is 32.1 Å². The first-order chi connectivity index (χ1) is 13.2. The van der Waals surface area contributed by atoms with E-state index in [1.807, 2.05) is 0 Å². The lowest BCUT2D eigenvalue weighted by molar-refractivity contribution is -0.138. The van der Waals surface area contributed by atoms with Gasteiger partial charge in [-0.2, -0.15) is 0 Å². The van der Waals surface area contributed by atoms with Gasteiger partial charge in [-0.05, 0) is 90.5 Å². The van der Waals surface area contributed by atoms with Crippen molar-refractivity contribution >= 4 is 11.8 Å². The molecule has 4 bridgehead atoms. The van der Waals surface area contributed by atoms with Crippen LogP contribution in [0.25, 0.3) is 5.69 Å². The van der Waals surface area contributed by atoms with E-state index in [0.29, 0.717) is 17.4 Å². The Hall–Kier alpha value is -2.77. The second-order valence-electron chi connectivity index (χ2n) is 8.20. The third kappa shape index (κ3) is 2.98. The highest BCUT2D eigenvalue weighted by atomic mass is 16.2. The molecular formula is C19H22N6O2. The lowest BCUT2D eigenvalue weighted by Gasteiger charge is -2.53. The third-order valence-corrected chi connectivity index (χ3v) is 6.57. The van der Waals surface area contributed by atoms with E-state index in [1.165, 1.54) is 43.1 Å². The minimum atomic E-state index is -0.324. The molecule has 6 rings (SSSR count). The van der Waals surface area contributed by atoms with Crippen molar-refractivity contribution in [1.29, 1.82) is 0 Å². The quantitative estimate of drug-likeness (QED) is 0.802. The first-order valence-corrected chi connectivity index (χ1v) is 9.61. The molecule has 4 fully saturated rings. The smallest absolute Gasteiger partial charge is 0.269 e. The van der Waals surface area contributed by atoms with E-state index in [4.69, 9.17) is 0 Å². The lowest BCUT2D eigenvalue weighted by atomic mass is 9.52. The first-order valence-electron chi connectivity index (χ1n) is 9.61. The van der Waals surface area contributed by atoms with Crippen LogP contribution in [-0.4, -0.2) is 32.0 Å². The standard InChI is InChI=1S/C19H22N6O2/c26-18(13-1-3-16(4-2-13)25-10-20-23-24-25)21-22-19(27)17-14-6-11-5-12(8-14)9-15(17)7-11/h1-4,10-12,14-15,17H,5-9H2,(H,21,26)(H,22,27). The van der Waals surface area contributed by atoms with Crippen molar-refractivity contribution < 1.29 is 9.59 Å². The summed E-state index contributed by atoms with van der Waals surface area (Å²) in [6.45, 7) is 0. The SMILES string of the molecule is O=C(NNC(=O)C1C2CC3CC(C2)CC1C3)c1ccc(-n2cnnn2)cc1. The number of carbonyl (C=O) groups excluding carboxylic acids is 2. The van der Waals surface area contributed by atoms with E-state index in [-0.39, 0.29) is 17.7 Å². The van der Waals surface area contributed by atoms with Crippen LogP contribution in [-0.2, 0) is 4.79 Å². The summed E-state index contributed by atoms with van der Waals surface area (Å²) < 4.78 is 1.51. The minimum absolute atomic E-state index is 0.0255. The van der Waals surface area contributed by atoms with E-state index >= 15 is 0 Å². The molecule has 8 nitrogen and oxygen atoms in total. The fourth-order valence-corrected chi connectivity index (χ4v) is 5.67. The van der Waals surface area contributed by atoms with Gasteiger partial charge in [-0.25, -0.2) is 4.68 Å². The van der Waals surface area contributed by atoms with Gasteiger partial charge in [-0.15, -0.1) is 5.10 Å². The number of rotatable bonds is 3. The van der Waals surface area contributed by atoms with Crippen LogP contribution in [0.3, 0.4) is 0 Å². The molecule has 27 heavy (non-hydrogen) atoms. The second-order valence-corrected chi connectivity index (χ2v) is 8.20. The van der Waals surface area contributed by atoms with Crippen molar-refractivity contribution in [3.05, 3.63) is 36.2 Å². The normalized spacial score (nSPS) is 30.9. The number of aromatic nitrogens is 4. The molecule has 1 heterocycles. The zero-order valence-electron chi connectivity index (χ0n) is 14.9. The van der Waals surface area contributed by atoms with Crippen molar-refractivity contribution in [1.82, 2.24) is 31.1 Å². The van der Waals surface area contributed by atoms with Gasteiger partial charge in [-0.1, -0.05) is 0 Å². The molecule has 4 saturated carbocycles. The van der Waals surface area contributed by atoms with Gasteiger partial charge in [0.1, 0.15) is 6.33 Å². The Kier molecular flexibility index (Phi) is 3.91. The molecule has 2 N–H and O–H groups in total. The van der Waals surface area contributed by atoms with Gasteiger partial charge in [0.25, 0.3) is 5.91 Å². The van der Waals surface area contributed by atoms with E-state index < -0.39 is 0 Å². The summed E-state index contributed by atoms with van der Waals surface area (Å²) in [6, 6.07) is 6.87. The zero-order valence-corrected chi connectivity index (χ0v) is 14.9. The summed E-state index contributed by atoms with van der Waals surface area (Å²) in [4.78, 5) is 25.1. The Morgan fingerprint density at radius 1 is 0.926 bits per heavy atom. The van der Waals surface area contributed by atoms with Crippen molar-refractivity contribution in [2.75, 3.05) is 0 Å². The molecule has 140 valence electrons. The highest BCUT2D eigenvalue weighted by Gasteiger charge is 2.50. The molecule has 0 unspecified atom stereocenters. The van der Waals surface area contributed by atoms with Gasteiger partial charge in [0, 0.05) is 11.5 Å². The predicted molar refractivity (Wildman–Crippen MR) is 95.3 cm³/mol. The maximum atomic E-state index is 12.7. The van der Waals surface area contributed by atoms with E-state index in [2.05, 4.69) is 26.4 Å². The van der Waals surface area contributed by atoms with Gasteiger partial charge in [0.15, 0.2) is 0 Å². The molecule has 0 aliphatic heterocycles. The second kappa shape index (κ2) is 6.44. The molecule has 2 amide bonds. The maximum absolute atomic E-state index is 12.7. The third-order valence-electron chi connectivity index (χ3n) is 6.57. The Bertz CT molecular complexity index is 820. The van der Waals surface area contributed by atoms with Crippen molar-refractivity contribution in [3.63, 3.8) is 0 Å². The number of tetrazole rings is 1. The maximum Gasteiger partial charge on any atom is 0.269 e. The van der Waals surface area contributed by atoms with E-state index in [0.717, 1.165) is 17.5 Å². The molecular weight excluding hydrogens is 344 g/mol.